The van der Waals surface area contributed by atoms with E-state index in [0.29, 0.717) is 21.7 Å². The molecule has 1 aromatic carbocycles. The number of rotatable bonds is 2. The van der Waals surface area contributed by atoms with Gasteiger partial charge in [-0.05, 0) is 51.1 Å². The second kappa shape index (κ2) is 6.94. The van der Waals surface area contributed by atoms with Crippen molar-refractivity contribution < 1.29 is 4.79 Å². The van der Waals surface area contributed by atoms with Crippen LogP contribution in [0.1, 0.15) is 28.9 Å². The van der Waals surface area contributed by atoms with Crippen LogP contribution in [0.5, 0.6) is 0 Å². The molecule has 2 aromatic heterocycles. The van der Waals surface area contributed by atoms with E-state index < -0.39 is 0 Å². The third kappa shape index (κ3) is 3.42. The third-order valence-corrected chi connectivity index (χ3v) is 5.52. The zero-order chi connectivity index (χ0) is 19.1. The minimum atomic E-state index is -0.347. The molecule has 0 N–H and O–H groups in total. The minimum Gasteiger partial charge on any atom is -0.264 e. The highest BCUT2D eigenvalue weighted by atomic mass is 35.5. The predicted octanol–water partition coefficient (Wildman–Crippen LogP) is 3.53. The standard InChI is InChI=1S/C18H17ClN6OS/c1-10-8-12(3)25-17(20-10)22-15(23-25)16(26)24(18-21-11(2)9-27-18)14-6-4-13(19)5-7-14/h4-8,11H,9H2,1-3H3/t11-/m1/s1. The van der Waals surface area contributed by atoms with Crippen LogP contribution in [-0.4, -0.2) is 42.5 Å². The van der Waals surface area contributed by atoms with E-state index in [1.165, 1.54) is 11.8 Å². The quantitative estimate of drug-likeness (QED) is 0.657. The maximum Gasteiger partial charge on any atom is 0.304 e. The third-order valence-electron chi connectivity index (χ3n) is 4.07. The van der Waals surface area contributed by atoms with E-state index in [9.17, 15) is 4.79 Å². The van der Waals surface area contributed by atoms with Crippen molar-refractivity contribution in [2.45, 2.75) is 26.8 Å². The Morgan fingerprint density at radius 2 is 2.00 bits per heavy atom. The van der Waals surface area contributed by atoms with Crippen molar-refractivity contribution in [1.29, 1.82) is 0 Å². The summed E-state index contributed by atoms with van der Waals surface area (Å²) in [6.45, 7) is 5.80. The highest BCUT2D eigenvalue weighted by molar-refractivity contribution is 8.14. The van der Waals surface area contributed by atoms with Crippen molar-refractivity contribution in [1.82, 2.24) is 19.6 Å². The lowest BCUT2D eigenvalue weighted by Gasteiger charge is -2.20. The number of fused-ring (bicyclic) bond motifs is 1. The summed E-state index contributed by atoms with van der Waals surface area (Å²) in [6.07, 6.45) is 0. The molecule has 0 aliphatic carbocycles. The van der Waals surface area contributed by atoms with Crippen LogP contribution in [0.15, 0.2) is 35.3 Å². The normalized spacial score (nSPS) is 16.6. The van der Waals surface area contributed by atoms with Gasteiger partial charge in [0.1, 0.15) is 0 Å². The number of halogens is 1. The van der Waals surface area contributed by atoms with Crippen molar-refractivity contribution in [3.05, 3.63) is 52.6 Å². The van der Waals surface area contributed by atoms with Gasteiger partial charge in [0.15, 0.2) is 5.17 Å². The lowest BCUT2D eigenvalue weighted by atomic mass is 10.3. The topological polar surface area (TPSA) is 75.8 Å². The summed E-state index contributed by atoms with van der Waals surface area (Å²) < 4.78 is 1.58. The molecule has 1 aliphatic rings. The van der Waals surface area contributed by atoms with E-state index in [4.69, 9.17) is 11.6 Å². The van der Waals surface area contributed by atoms with E-state index in [1.54, 1.807) is 33.7 Å². The molecule has 138 valence electrons. The number of aliphatic imine (C=N–C) groups is 1. The Kier molecular flexibility index (Phi) is 4.61. The molecule has 3 heterocycles. The number of amidine groups is 1. The molecule has 3 aromatic rings. The van der Waals surface area contributed by atoms with E-state index in [2.05, 4.69) is 20.1 Å². The zero-order valence-electron chi connectivity index (χ0n) is 15.0. The summed E-state index contributed by atoms with van der Waals surface area (Å²) >= 11 is 7.54. The van der Waals surface area contributed by atoms with Crippen LogP contribution in [-0.2, 0) is 0 Å². The Morgan fingerprint density at radius 3 is 2.67 bits per heavy atom. The Balaban J connectivity index is 1.80. The molecule has 4 rings (SSSR count). The molecule has 1 amide bonds. The fourth-order valence-corrected chi connectivity index (χ4v) is 4.00. The number of thioether (sulfide) groups is 1. The summed E-state index contributed by atoms with van der Waals surface area (Å²) in [5.74, 6) is 0.959. The molecule has 27 heavy (non-hydrogen) atoms. The monoisotopic (exact) mass is 400 g/mol. The molecule has 0 bridgehead atoms. The van der Waals surface area contributed by atoms with Gasteiger partial charge in [0.25, 0.3) is 5.78 Å². The zero-order valence-corrected chi connectivity index (χ0v) is 16.6. The van der Waals surface area contributed by atoms with Crippen LogP contribution in [0.4, 0.5) is 5.69 Å². The Bertz CT molecular complexity index is 1060. The van der Waals surface area contributed by atoms with Crippen molar-refractivity contribution in [3.8, 4) is 0 Å². The average Bonchev–Trinajstić information content (AvgIpc) is 3.23. The summed E-state index contributed by atoms with van der Waals surface area (Å²) in [5, 5.41) is 5.60. The maximum atomic E-state index is 13.3. The summed E-state index contributed by atoms with van der Waals surface area (Å²) in [7, 11) is 0. The van der Waals surface area contributed by atoms with Crippen LogP contribution in [0.25, 0.3) is 5.78 Å². The summed E-state index contributed by atoms with van der Waals surface area (Å²) in [6, 6.07) is 9.10. The summed E-state index contributed by atoms with van der Waals surface area (Å²) in [5.41, 5.74) is 2.36. The second-order valence-electron chi connectivity index (χ2n) is 6.37. The van der Waals surface area contributed by atoms with Gasteiger partial charge in [-0.25, -0.2) is 9.50 Å². The number of hydrogen-bond acceptors (Lipinski definition) is 6. The Labute approximate surface area is 165 Å². The highest BCUT2D eigenvalue weighted by Crippen LogP contribution is 2.28. The molecule has 0 saturated heterocycles. The SMILES string of the molecule is Cc1cc(C)n2nc(C(=O)N(C3=N[C@H](C)CS3)c3ccc(Cl)cc3)nc2n1. The number of carbonyl (C=O) groups is 1. The van der Waals surface area contributed by atoms with Crippen LogP contribution >= 0.6 is 23.4 Å². The fraction of sp³-hybridized carbons (Fsp3) is 0.278. The number of carbonyl (C=O) groups excluding carboxylic acids is 1. The maximum absolute atomic E-state index is 13.3. The first-order valence-electron chi connectivity index (χ1n) is 8.44. The van der Waals surface area contributed by atoms with Crippen LogP contribution in [0.3, 0.4) is 0 Å². The van der Waals surface area contributed by atoms with Crippen molar-refractivity contribution in [3.63, 3.8) is 0 Å². The van der Waals surface area contributed by atoms with Gasteiger partial charge in [-0.1, -0.05) is 23.4 Å². The van der Waals surface area contributed by atoms with Gasteiger partial charge >= 0.3 is 5.91 Å². The molecule has 9 heteroatoms. The number of benzene rings is 1. The second-order valence-corrected chi connectivity index (χ2v) is 7.80. The van der Waals surface area contributed by atoms with Crippen molar-refractivity contribution >= 4 is 45.9 Å². The molecule has 0 unspecified atom stereocenters. The van der Waals surface area contributed by atoms with E-state index in [0.717, 1.165) is 17.1 Å². The van der Waals surface area contributed by atoms with E-state index in [1.807, 2.05) is 26.8 Å². The van der Waals surface area contributed by atoms with Gasteiger partial charge in [-0.3, -0.25) is 14.7 Å². The Morgan fingerprint density at radius 1 is 1.26 bits per heavy atom. The van der Waals surface area contributed by atoms with Gasteiger partial charge < -0.3 is 0 Å². The summed E-state index contributed by atoms with van der Waals surface area (Å²) in [4.78, 5) is 28.2. The van der Waals surface area contributed by atoms with Crippen molar-refractivity contribution in [2.75, 3.05) is 10.7 Å². The van der Waals surface area contributed by atoms with Gasteiger partial charge in [0.05, 0.1) is 11.7 Å². The average molecular weight is 401 g/mol. The van der Waals surface area contributed by atoms with Crippen molar-refractivity contribution in [2.24, 2.45) is 4.99 Å². The molecule has 0 saturated carbocycles. The van der Waals surface area contributed by atoms with Crippen LogP contribution in [0, 0.1) is 13.8 Å². The first kappa shape index (κ1) is 17.9. The first-order chi connectivity index (χ1) is 12.9. The smallest absolute Gasteiger partial charge is 0.264 e. The fourth-order valence-electron chi connectivity index (χ4n) is 2.84. The molecule has 0 radical (unpaired) electrons. The van der Waals surface area contributed by atoms with E-state index >= 15 is 0 Å². The number of aromatic nitrogens is 4. The number of aryl methyl sites for hydroxylation is 2. The minimum absolute atomic E-state index is 0.0778. The largest absolute Gasteiger partial charge is 0.304 e. The Hall–Kier alpha value is -2.45. The van der Waals surface area contributed by atoms with Gasteiger partial charge in [0, 0.05) is 22.2 Å². The number of amides is 1. The number of nitrogens with zero attached hydrogens (tertiary/aromatic N) is 6. The molecule has 0 fully saturated rings. The molecular weight excluding hydrogens is 384 g/mol. The van der Waals surface area contributed by atoms with Crippen LogP contribution in [0.2, 0.25) is 5.02 Å². The van der Waals surface area contributed by atoms with Gasteiger partial charge in [-0.2, -0.15) is 4.98 Å². The van der Waals surface area contributed by atoms with Crippen LogP contribution < -0.4 is 4.90 Å². The molecule has 0 spiro atoms. The highest BCUT2D eigenvalue weighted by Gasteiger charge is 2.30. The van der Waals surface area contributed by atoms with Gasteiger partial charge in [0.2, 0.25) is 5.82 Å². The molecule has 1 aliphatic heterocycles. The first-order valence-corrected chi connectivity index (χ1v) is 9.80. The molecule has 7 nitrogen and oxygen atoms in total. The lowest BCUT2D eigenvalue weighted by molar-refractivity contribution is 0.0993. The van der Waals surface area contributed by atoms with E-state index in [-0.39, 0.29) is 17.8 Å². The number of anilines is 1. The van der Waals surface area contributed by atoms with Gasteiger partial charge in [-0.15, -0.1) is 5.10 Å². The number of hydrogen-bond donors (Lipinski definition) is 0. The molecular formula is C18H17ClN6OS. The predicted molar refractivity (Wildman–Crippen MR) is 108 cm³/mol. The lowest BCUT2D eigenvalue weighted by Crippen LogP contribution is -2.35. The molecule has 1 atom stereocenters.